The zero-order chi connectivity index (χ0) is 25.6. The number of benzene rings is 3. The number of aliphatic hydroxyl groups is 1. The summed E-state index contributed by atoms with van der Waals surface area (Å²) in [5.41, 5.74) is 1.88. The smallest absolute Gasteiger partial charge is 0.301 e. The van der Waals surface area contributed by atoms with E-state index >= 15 is 0 Å². The quantitative estimate of drug-likeness (QED) is 0.126. The molecule has 10 heteroatoms. The number of non-ortho nitro benzene ring substituents is 1. The first-order valence-corrected chi connectivity index (χ1v) is 11.8. The summed E-state index contributed by atoms with van der Waals surface area (Å²) in [5, 5.41) is 22.5. The summed E-state index contributed by atoms with van der Waals surface area (Å²) in [6.07, 6.45) is 0.814. The molecule has 1 fully saturated rings. The van der Waals surface area contributed by atoms with Gasteiger partial charge in [0.05, 0.1) is 26.8 Å². The van der Waals surface area contributed by atoms with Gasteiger partial charge in [-0.15, -0.1) is 0 Å². The number of carbonyl (C=O) groups excluding carboxylic acids is 2. The normalized spacial score (nSPS) is 17.2. The van der Waals surface area contributed by atoms with E-state index in [0.29, 0.717) is 11.1 Å². The summed E-state index contributed by atoms with van der Waals surface area (Å²) < 4.78 is 14.3. The summed E-state index contributed by atoms with van der Waals surface area (Å²) in [6.45, 7) is 2.02. The Morgan fingerprint density at radius 1 is 1.11 bits per heavy atom. The minimum absolute atomic E-state index is 0.151. The molecule has 1 aromatic heterocycles. The second kappa shape index (κ2) is 8.97. The van der Waals surface area contributed by atoms with Gasteiger partial charge in [-0.3, -0.25) is 24.6 Å². The van der Waals surface area contributed by atoms with E-state index in [1.54, 1.807) is 0 Å². The third-order valence-corrected chi connectivity index (χ3v) is 7.06. The molecule has 3 aromatic carbocycles. The summed E-state index contributed by atoms with van der Waals surface area (Å²) in [6, 6.07) is 14.9. The van der Waals surface area contributed by atoms with Crippen molar-refractivity contribution in [2.75, 3.05) is 4.90 Å². The Morgan fingerprint density at radius 3 is 2.44 bits per heavy atom. The van der Waals surface area contributed by atoms with Crippen LogP contribution in [0.25, 0.3) is 16.0 Å². The van der Waals surface area contributed by atoms with Crippen molar-refractivity contribution in [3.63, 3.8) is 0 Å². The van der Waals surface area contributed by atoms with E-state index in [4.69, 9.17) is 0 Å². The minimum Gasteiger partial charge on any atom is -0.507 e. The van der Waals surface area contributed by atoms with E-state index in [1.807, 2.05) is 25.1 Å². The Balaban J connectivity index is 1.71. The minimum atomic E-state index is -1.10. The van der Waals surface area contributed by atoms with Crippen LogP contribution in [0.3, 0.4) is 0 Å². The van der Waals surface area contributed by atoms with Crippen LogP contribution >= 0.6 is 11.3 Å². The number of nitro groups is 1. The number of amides is 1. The van der Waals surface area contributed by atoms with Gasteiger partial charge < -0.3 is 5.11 Å². The largest absolute Gasteiger partial charge is 0.507 e. The van der Waals surface area contributed by atoms with E-state index in [9.17, 15) is 29.2 Å². The number of fused-ring (bicyclic) bond motifs is 1. The molecule has 180 valence electrons. The van der Waals surface area contributed by atoms with Crippen LogP contribution < -0.4 is 4.90 Å². The third kappa shape index (κ3) is 3.91. The van der Waals surface area contributed by atoms with Gasteiger partial charge in [0.15, 0.2) is 5.13 Å². The number of aliphatic hydroxyl groups excluding tert-OH is 1. The maximum atomic E-state index is 13.5. The van der Waals surface area contributed by atoms with E-state index in [2.05, 4.69) is 4.98 Å². The lowest BCUT2D eigenvalue weighted by Crippen LogP contribution is -2.29. The zero-order valence-corrected chi connectivity index (χ0v) is 19.7. The maximum absolute atomic E-state index is 13.5. The number of nitrogens with zero attached hydrogens (tertiary/aromatic N) is 3. The predicted octanol–water partition coefficient (Wildman–Crippen LogP) is 5.53. The molecular weight excluding hydrogens is 485 g/mol. The fourth-order valence-electron chi connectivity index (χ4n) is 4.17. The summed E-state index contributed by atoms with van der Waals surface area (Å²) in [5.74, 6) is -2.83. The Bertz CT molecular complexity index is 1560. The molecule has 1 aliphatic rings. The number of rotatable bonds is 5. The van der Waals surface area contributed by atoms with Gasteiger partial charge in [0, 0.05) is 17.7 Å². The molecule has 1 aliphatic heterocycles. The molecule has 36 heavy (non-hydrogen) atoms. The lowest BCUT2D eigenvalue weighted by molar-refractivity contribution is -0.384. The lowest BCUT2D eigenvalue weighted by atomic mass is 9.95. The number of thiazole rings is 1. The molecule has 1 atom stereocenters. The standard InChI is InChI=1S/C26H18FN3O5S/c1-2-14-3-12-19-20(13-14)36-26(28-19)29-22(15-6-10-18(11-7-15)30(34)35)21(24(32)25(29)33)23(31)16-4-8-17(27)9-5-16/h3-13,22,31H,2H2,1H3/t22-/m0/s1. The fraction of sp³-hybridized carbons (Fsp3) is 0.115. The Kier molecular flexibility index (Phi) is 5.81. The van der Waals surface area contributed by atoms with E-state index in [-0.39, 0.29) is 22.0 Å². The number of aromatic nitrogens is 1. The van der Waals surface area contributed by atoms with Crippen molar-refractivity contribution in [2.45, 2.75) is 19.4 Å². The Labute approximate surface area is 208 Å². The topological polar surface area (TPSA) is 114 Å². The molecule has 0 aliphatic carbocycles. The van der Waals surface area contributed by atoms with Crippen molar-refractivity contribution in [1.29, 1.82) is 0 Å². The van der Waals surface area contributed by atoms with Crippen LogP contribution in [0, 0.1) is 15.9 Å². The molecule has 0 spiro atoms. The Morgan fingerprint density at radius 2 is 1.81 bits per heavy atom. The van der Waals surface area contributed by atoms with Crippen LogP contribution in [0.5, 0.6) is 0 Å². The number of Topliss-reactive ketones (excluding diaryl/α,β-unsaturated/α-hetero) is 1. The monoisotopic (exact) mass is 503 g/mol. The van der Waals surface area contributed by atoms with Crippen molar-refractivity contribution in [1.82, 2.24) is 4.98 Å². The van der Waals surface area contributed by atoms with Gasteiger partial charge in [-0.2, -0.15) is 0 Å². The first-order valence-electron chi connectivity index (χ1n) is 11.0. The molecule has 0 bridgehead atoms. The summed E-state index contributed by atoms with van der Waals surface area (Å²) >= 11 is 1.23. The molecule has 2 heterocycles. The molecular formula is C26H18FN3O5S. The van der Waals surface area contributed by atoms with Gasteiger partial charge in [0.1, 0.15) is 11.6 Å². The second-order valence-corrected chi connectivity index (χ2v) is 9.19. The van der Waals surface area contributed by atoms with Crippen LogP contribution in [0.2, 0.25) is 0 Å². The molecule has 0 radical (unpaired) electrons. The number of hydrogen-bond donors (Lipinski definition) is 1. The molecule has 4 aromatic rings. The highest BCUT2D eigenvalue weighted by molar-refractivity contribution is 7.22. The van der Waals surface area contributed by atoms with Crippen LogP contribution in [0.1, 0.15) is 29.7 Å². The van der Waals surface area contributed by atoms with Crippen molar-refractivity contribution < 1.29 is 24.0 Å². The maximum Gasteiger partial charge on any atom is 0.301 e. The van der Waals surface area contributed by atoms with Gasteiger partial charge in [-0.05, 0) is 66.1 Å². The third-order valence-electron chi connectivity index (χ3n) is 6.04. The number of anilines is 1. The highest BCUT2D eigenvalue weighted by atomic mass is 32.1. The first kappa shape index (κ1) is 23.3. The number of carbonyl (C=O) groups is 2. The fourth-order valence-corrected chi connectivity index (χ4v) is 5.22. The zero-order valence-electron chi connectivity index (χ0n) is 18.8. The molecule has 1 saturated heterocycles. The summed E-state index contributed by atoms with van der Waals surface area (Å²) in [4.78, 5) is 42.9. The Hall–Kier alpha value is -4.44. The number of halogens is 1. The highest BCUT2D eigenvalue weighted by Crippen LogP contribution is 2.44. The van der Waals surface area contributed by atoms with Gasteiger partial charge >= 0.3 is 5.91 Å². The van der Waals surface area contributed by atoms with Crippen LogP contribution in [0.4, 0.5) is 15.2 Å². The highest BCUT2D eigenvalue weighted by Gasteiger charge is 2.48. The van der Waals surface area contributed by atoms with Crippen molar-refractivity contribution in [3.05, 3.63) is 105 Å². The SMILES string of the molecule is CCc1ccc2nc(N3C(=O)C(=O)C(=C(O)c4ccc(F)cc4)[C@@H]3c3ccc([N+](=O)[O-])cc3)sc2c1. The average molecular weight is 504 g/mol. The van der Waals surface area contributed by atoms with Gasteiger partial charge in [0.2, 0.25) is 0 Å². The van der Waals surface area contributed by atoms with E-state index < -0.39 is 34.2 Å². The number of ketones is 1. The average Bonchev–Trinajstić information content (AvgIpc) is 3.41. The number of nitro benzene ring substituents is 1. The van der Waals surface area contributed by atoms with E-state index in [0.717, 1.165) is 28.8 Å². The molecule has 8 nitrogen and oxygen atoms in total. The lowest BCUT2D eigenvalue weighted by Gasteiger charge is -2.22. The van der Waals surface area contributed by atoms with Crippen molar-refractivity contribution in [3.8, 4) is 0 Å². The second-order valence-electron chi connectivity index (χ2n) is 8.18. The predicted molar refractivity (Wildman–Crippen MR) is 133 cm³/mol. The van der Waals surface area contributed by atoms with Gasteiger partial charge in [0.25, 0.3) is 11.5 Å². The van der Waals surface area contributed by atoms with Crippen molar-refractivity contribution in [2.24, 2.45) is 0 Å². The van der Waals surface area contributed by atoms with Gasteiger partial charge in [-0.25, -0.2) is 9.37 Å². The van der Waals surface area contributed by atoms with Crippen LogP contribution in [0.15, 0.2) is 72.3 Å². The molecule has 0 saturated carbocycles. The molecule has 5 rings (SSSR count). The van der Waals surface area contributed by atoms with E-state index in [1.165, 1.54) is 52.6 Å². The molecule has 1 N–H and O–H groups in total. The van der Waals surface area contributed by atoms with Crippen LogP contribution in [-0.4, -0.2) is 26.7 Å². The first-order chi connectivity index (χ1) is 17.3. The van der Waals surface area contributed by atoms with Crippen LogP contribution in [-0.2, 0) is 16.0 Å². The summed E-state index contributed by atoms with van der Waals surface area (Å²) in [7, 11) is 0. The van der Waals surface area contributed by atoms with Crippen molar-refractivity contribution >= 4 is 49.8 Å². The van der Waals surface area contributed by atoms with Gasteiger partial charge in [-0.1, -0.05) is 24.3 Å². The number of aryl methyl sites for hydroxylation is 1. The molecule has 1 amide bonds. The molecule has 0 unspecified atom stereocenters. The number of hydrogen-bond acceptors (Lipinski definition) is 7.